The number of guanidine groups is 1. The molecular formula is C22H40IN5. The molecule has 0 amide bonds. The predicted octanol–water partition coefficient (Wildman–Crippen LogP) is 3.54. The maximum atomic E-state index is 4.46. The number of hydrogen-bond donors (Lipinski definition) is 2. The summed E-state index contributed by atoms with van der Waals surface area (Å²) < 4.78 is 0. The summed E-state index contributed by atoms with van der Waals surface area (Å²) in [7, 11) is 4.03. The standard InChI is InChI=1S/C22H39N5.HI/c1-16(2)26(7)14-20-11-9-8-10-19(20)12-24-22(23-6)25-21-15-27(17(3)4)13-18(21)5;/h8-11,16-18,21H,12-15H2,1-7H3,(H2,23,24,25);1H. The van der Waals surface area contributed by atoms with E-state index in [1.165, 1.54) is 11.1 Å². The highest BCUT2D eigenvalue weighted by molar-refractivity contribution is 14.0. The molecule has 1 saturated heterocycles. The lowest BCUT2D eigenvalue weighted by Crippen LogP contribution is -2.46. The first-order valence-electron chi connectivity index (χ1n) is 10.3. The lowest BCUT2D eigenvalue weighted by atomic mass is 10.1. The van der Waals surface area contributed by atoms with Crippen LogP contribution in [0.4, 0.5) is 0 Å². The van der Waals surface area contributed by atoms with E-state index in [4.69, 9.17) is 0 Å². The third-order valence-electron chi connectivity index (χ3n) is 5.78. The SMILES string of the molecule is CN=C(NCc1ccccc1CN(C)C(C)C)NC1CN(C(C)C)CC1C.I. The van der Waals surface area contributed by atoms with Crippen LogP contribution in [0.2, 0.25) is 0 Å². The molecule has 0 aliphatic carbocycles. The minimum atomic E-state index is 0. The van der Waals surface area contributed by atoms with Crippen LogP contribution in [0.15, 0.2) is 29.3 Å². The van der Waals surface area contributed by atoms with E-state index in [9.17, 15) is 0 Å². The van der Waals surface area contributed by atoms with E-state index in [0.717, 1.165) is 32.1 Å². The molecule has 0 spiro atoms. The number of benzene rings is 1. The zero-order valence-electron chi connectivity index (χ0n) is 18.7. The van der Waals surface area contributed by atoms with Crippen LogP contribution in [-0.4, -0.2) is 61.1 Å². The van der Waals surface area contributed by atoms with Crippen molar-refractivity contribution < 1.29 is 0 Å². The summed E-state index contributed by atoms with van der Waals surface area (Å²) in [5.41, 5.74) is 2.70. The van der Waals surface area contributed by atoms with Crippen LogP contribution in [0, 0.1) is 5.92 Å². The number of likely N-dealkylation sites (tertiary alicyclic amines) is 1. The van der Waals surface area contributed by atoms with Crippen molar-refractivity contribution >= 4 is 29.9 Å². The van der Waals surface area contributed by atoms with Crippen molar-refractivity contribution in [3.8, 4) is 0 Å². The van der Waals surface area contributed by atoms with Gasteiger partial charge in [-0.1, -0.05) is 31.2 Å². The first kappa shape index (κ1) is 25.2. The normalized spacial score (nSPS) is 20.7. The Morgan fingerprint density at radius 1 is 1.18 bits per heavy atom. The lowest BCUT2D eigenvalue weighted by molar-refractivity contribution is 0.265. The molecule has 160 valence electrons. The van der Waals surface area contributed by atoms with Crippen molar-refractivity contribution in [2.24, 2.45) is 10.9 Å². The van der Waals surface area contributed by atoms with Crippen LogP contribution in [-0.2, 0) is 13.1 Å². The molecule has 1 aliphatic heterocycles. The third kappa shape index (κ3) is 7.19. The van der Waals surface area contributed by atoms with Crippen molar-refractivity contribution in [1.82, 2.24) is 20.4 Å². The van der Waals surface area contributed by atoms with Crippen molar-refractivity contribution in [3.05, 3.63) is 35.4 Å². The van der Waals surface area contributed by atoms with Gasteiger partial charge in [-0.05, 0) is 51.8 Å². The van der Waals surface area contributed by atoms with Crippen LogP contribution in [0.5, 0.6) is 0 Å². The van der Waals surface area contributed by atoms with Gasteiger partial charge >= 0.3 is 0 Å². The molecule has 2 rings (SSSR count). The molecule has 6 heteroatoms. The molecule has 2 unspecified atom stereocenters. The fourth-order valence-electron chi connectivity index (χ4n) is 3.50. The molecule has 1 fully saturated rings. The Kier molecular flexibility index (Phi) is 10.8. The highest BCUT2D eigenvalue weighted by Crippen LogP contribution is 2.18. The molecule has 28 heavy (non-hydrogen) atoms. The molecule has 1 aliphatic rings. The Balaban J connectivity index is 0.00000392. The second kappa shape index (κ2) is 12.0. The van der Waals surface area contributed by atoms with Gasteiger partial charge in [0, 0.05) is 51.4 Å². The lowest BCUT2D eigenvalue weighted by Gasteiger charge is -2.24. The van der Waals surface area contributed by atoms with Gasteiger partial charge in [0.25, 0.3) is 0 Å². The smallest absolute Gasteiger partial charge is 0.191 e. The van der Waals surface area contributed by atoms with Gasteiger partial charge in [-0.25, -0.2) is 0 Å². The van der Waals surface area contributed by atoms with Crippen LogP contribution in [0.25, 0.3) is 0 Å². The molecule has 0 radical (unpaired) electrons. The van der Waals surface area contributed by atoms with Gasteiger partial charge in [-0.15, -0.1) is 24.0 Å². The van der Waals surface area contributed by atoms with Gasteiger partial charge in [0.1, 0.15) is 0 Å². The van der Waals surface area contributed by atoms with Crippen molar-refractivity contribution in [2.75, 3.05) is 27.2 Å². The average molecular weight is 502 g/mol. The van der Waals surface area contributed by atoms with E-state index in [0.29, 0.717) is 24.0 Å². The Labute approximate surface area is 189 Å². The van der Waals surface area contributed by atoms with Crippen molar-refractivity contribution in [1.29, 1.82) is 0 Å². The van der Waals surface area contributed by atoms with Gasteiger partial charge in [-0.3, -0.25) is 14.8 Å². The van der Waals surface area contributed by atoms with E-state index < -0.39 is 0 Å². The number of nitrogens with one attached hydrogen (secondary N) is 2. The number of hydrogen-bond acceptors (Lipinski definition) is 3. The number of halogens is 1. The van der Waals surface area contributed by atoms with Crippen LogP contribution in [0.3, 0.4) is 0 Å². The van der Waals surface area contributed by atoms with Crippen molar-refractivity contribution in [2.45, 2.75) is 65.8 Å². The summed E-state index contributed by atoms with van der Waals surface area (Å²) in [5.74, 6) is 1.52. The Bertz CT molecular complexity index is 617. The van der Waals surface area contributed by atoms with Gasteiger partial charge in [-0.2, -0.15) is 0 Å². The Morgan fingerprint density at radius 3 is 2.36 bits per heavy atom. The summed E-state index contributed by atoms with van der Waals surface area (Å²) >= 11 is 0. The second-order valence-corrected chi connectivity index (χ2v) is 8.48. The molecule has 1 aromatic rings. The van der Waals surface area contributed by atoms with Gasteiger partial charge in [0.15, 0.2) is 5.96 Å². The summed E-state index contributed by atoms with van der Waals surface area (Å²) in [6, 6.07) is 10.3. The minimum Gasteiger partial charge on any atom is -0.352 e. The third-order valence-corrected chi connectivity index (χ3v) is 5.78. The maximum absolute atomic E-state index is 4.46. The van der Waals surface area contributed by atoms with Gasteiger partial charge in [0.2, 0.25) is 0 Å². The highest BCUT2D eigenvalue weighted by atomic mass is 127. The van der Waals surface area contributed by atoms with Crippen LogP contribution < -0.4 is 10.6 Å². The van der Waals surface area contributed by atoms with Gasteiger partial charge < -0.3 is 10.6 Å². The summed E-state index contributed by atoms with van der Waals surface area (Å²) in [5, 5.41) is 7.16. The fourth-order valence-corrected chi connectivity index (χ4v) is 3.50. The number of rotatable bonds is 7. The maximum Gasteiger partial charge on any atom is 0.191 e. The van der Waals surface area contributed by atoms with E-state index in [-0.39, 0.29) is 24.0 Å². The molecule has 0 aromatic heterocycles. The van der Waals surface area contributed by atoms with Crippen molar-refractivity contribution in [3.63, 3.8) is 0 Å². The molecule has 2 atom stereocenters. The number of aliphatic imine (C=N–C) groups is 1. The topological polar surface area (TPSA) is 42.9 Å². The first-order valence-corrected chi connectivity index (χ1v) is 10.3. The molecule has 0 bridgehead atoms. The second-order valence-electron chi connectivity index (χ2n) is 8.48. The number of nitrogens with zero attached hydrogens (tertiary/aromatic N) is 3. The summed E-state index contributed by atoms with van der Waals surface area (Å²) in [4.78, 5) is 9.36. The first-order chi connectivity index (χ1) is 12.8. The minimum absolute atomic E-state index is 0. The molecule has 5 nitrogen and oxygen atoms in total. The Hall–Kier alpha value is -0.860. The van der Waals surface area contributed by atoms with Crippen LogP contribution >= 0.6 is 24.0 Å². The average Bonchev–Trinajstić information content (AvgIpc) is 3.00. The Morgan fingerprint density at radius 2 is 1.82 bits per heavy atom. The van der Waals surface area contributed by atoms with E-state index >= 15 is 0 Å². The molecular weight excluding hydrogens is 461 g/mol. The summed E-state index contributed by atoms with van der Waals surface area (Å²) in [6.07, 6.45) is 0. The van der Waals surface area contributed by atoms with Crippen LogP contribution in [0.1, 0.15) is 45.7 Å². The zero-order valence-corrected chi connectivity index (χ0v) is 21.0. The van der Waals surface area contributed by atoms with E-state index in [1.54, 1.807) is 0 Å². The van der Waals surface area contributed by atoms with Gasteiger partial charge in [0.05, 0.1) is 0 Å². The molecule has 2 N–H and O–H groups in total. The van der Waals surface area contributed by atoms with E-state index in [1.807, 2.05) is 7.05 Å². The molecule has 1 heterocycles. The molecule has 1 aromatic carbocycles. The summed E-state index contributed by atoms with van der Waals surface area (Å²) in [6.45, 7) is 15.3. The monoisotopic (exact) mass is 501 g/mol. The fraction of sp³-hybridized carbons (Fsp3) is 0.682. The highest BCUT2D eigenvalue weighted by Gasteiger charge is 2.31. The molecule has 0 saturated carbocycles. The quantitative estimate of drug-likeness (QED) is 0.341. The predicted molar refractivity (Wildman–Crippen MR) is 131 cm³/mol. The van der Waals surface area contributed by atoms with E-state index in [2.05, 4.69) is 91.4 Å². The largest absolute Gasteiger partial charge is 0.352 e. The zero-order chi connectivity index (χ0) is 20.0.